The standard InChI is InChI=1S/C28H34F3N3O4S2/c1-27(36,28(29,30)31)19-9-11-20(12-10-19)33-14-13-32(40(37,38)26-8-3-2-7-25(26)39)17-23(33)18-34-21-5-4-6-22(34)16-24(35)15-21/h2-3,8-12,21-23,36H,4-7,13-18H2,1H3/t21?,22?,23-,27?/m1/s1. The van der Waals surface area contributed by atoms with Crippen LogP contribution < -0.4 is 4.90 Å². The van der Waals surface area contributed by atoms with E-state index in [1.165, 1.54) is 22.5 Å². The fourth-order valence-corrected chi connectivity index (χ4v) is 8.45. The number of anilines is 1. The van der Waals surface area contributed by atoms with Gasteiger partial charge in [0.1, 0.15) is 5.78 Å². The highest BCUT2D eigenvalue weighted by molar-refractivity contribution is 7.96. The van der Waals surface area contributed by atoms with Crippen molar-refractivity contribution in [3.63, 3.8) is 0 Å². The molecule has 5 rings (SSSR count). The number of hydrogen-bond acceptors (Lipinski definition) is 7. The first-order valence-electron chi connectivity index (χ1n) is 13.6. The number of alkyl halides is 3. The Hall–Kier alpha value is -2.12. The van der Waals surface area contributed by atoms with Gasteiger partial charge in [0.05, 0.1) is 10.9 Å². The van der Waals surface area contributed by atoms with Crippen molar-refractivity contribution in [3.8, 4) is 0 Å². The lowest BCUT2D eigenvalue weighted by Gasteiger charge is -2.50. The Morgan fingerprint density at radius 3 is 2.33 bits per heavy atom. The Morgan fingerprint density at radius 2 is 1.73 bits per heavy atom. The highest BCUT2D eigenvalue weighted by Crippen LogP contribution is 2.40. The molecule has 1 aliphatic carbocycles. The number of carbonyl (C=O) groups excluding carboxylic acids is 1. The number of sulfonamides is 1. The summed E-state index contributed by atoms with van der Waals surface area (Å²) in [6, 6.07) is 5.56. The predicted molar refractivity (Wildman–Crippen MR) is 151 cm³/mol. The summed E-state index contributed by atoms with van der Waals surface area (Å²) in [6.45, 7) is 1.95. The summed E-state index contributed by atoms with van der Waals surface area (Å²) in [5.74, 6) is 0.258. The monoisotopic (exact) mass is 597 g/mol. The van der Waals surface area contributed by atoms with E-state index in [2.05, 4.69) is 4.90 Å². The molecular weight excluding hydrogens is 563 g/mol. The number of hydrogen-bond donors (Lipinski definition) is 1. The van der Waals surface area contributed by atoms with Gasteiger partial charge < -0.3 is 10.0 Å². The maximum atomic E-state index is 13.6. The van der Waals surface area contributed by atoms with Gasteiger partial charge in [-0.15, -0.1) is 0 Å². The molecule has 3 heterocycles. The minimum Gasteiger partial charge on any atom is -0.376 e. The molecule has 1 aromatic carbocycles. The molecule has 0 amide bonds. The molecule has 4 atom stereocenters. The largest absolute Gasteiger partial charge is 0.421 e. The number of allylic oxidation sites excluding steroid dienone is 4. The second-order valence-corrected chi connectivity index (χ2v) is 13.7. The molecule has 12 heteroatoms. The summed E-state index contributed by atoms with van der Waals surface area (Å²) in [5, 5.41) is 10.1. The van der Waals surface area contributed by atoms with E-state index in [1.54, 1.807) is 18.2 Å². The summed E-state index contributed by atoms with van der Waals surface area (Å²) < 4.78 is 69.0. The quantitative estimate of drug-likeness (QED) is 0.495. The van der Waals surface area contributed by atoms with Crippen LogP contribution in [0.1, 0.15) is 51.0 Å². The van der Waals surface area contributed by atoms with E-state index in [0.717, 1.165) is 26.2 Å². The minimum atomic E-state index is -4.83. The predicted octanol–water partition coefficient (Wildman–Crippen LogP) is 4.08. The topological polar surface area (TPSA) is 81.2 Å². The van der Waals surface area contributed by atoms with E-state index in [0.29, 0.717) is 42.9 Å². The molecule has 40 heavy (non-hydrogen) atoms. The first-order chi connectivity index (χ1) is 18.8. The van der Waals surface area contributed by atoms with E-state index in [1.807, 2.05) is 11.0 Å². The van der Waals surface area contributed by atoms with Crippen LogP contribution in [0.4, 0.5) is 18.9 Å². The molecule has 3 fully saturated rings. The van der Waals surface area contributed by atoms with Crippen LogP contribution >= 0.6 is 12.2 Å². The van der Waals surface area contributed by atoms with Crippen LogP contribution in [0.2, 0.25) is 0 Å². The molecule has 3 saturated heterocycles. The Kier molecular flexibility index (Phi) is 8.03. The average molecular weight is 598 g/mol. The maximum Gasteiger partial charge on any atom is 0.421 e. The number of piperidine rings is 2. The summed E-state index contributed by atoms with van der Waals surface area (Å²) in [7, 11) is -3.84. The van der Waals surface area contributed by atoms with Crippen molar-refractivity contribution in [3.05, 3.63) is 53.0 Å². The summed E-state index contributed by atoms with van der Waals surface area (Å²) in [5.41, 5.74) is -2.61. The second kappa shape index (κ2) is 10.9. The van der Waals surface area contributed by atoms with Crippen molar-refractivity contribution in [1.29, 1.82) is 0 Å². The number of thiocarbonyl (C=S) groups is 1. The molecule has 3 aliphatic heterocycles. The number of Topliss-reactive ketones (excluding diaryl/α,β-unsaturated/α-hetero) is 1. The zero-order valence-corrected chi connectivity index (χ0v) is 23.9. The van der Waals surface area contributed by atoms with E-state index in [9.17, 15) is 31.5 Å². The molecular formula is C28H34F3N3O4S2. The average Bonchev–Trinajstić information content (AvgIpc) is 2.89. The van der Waals surface area contributed by atoms with Crippen LogP contribution in [0.3, 0.4) is 0 Å². The van der Waals surface area contributed by atoms with Gasteiger partial charge in [-0.2, -0.15) is 17.5 Å². The molecule has 0 saturated carbocycles. The van der Waals surface area contributed by atoms with Gasteiger partial charge in [-0.25, -0.2) is 8.42 Å². The first kappa shape index (κ1) is 29.4. The number of rotatable bonds is 6. The van der Waals surface area contributed by atoms with E-state index in [4.69, 9.17) is 12.2 Å². The molecule has 1 aromatic rings. The van der Waals surface area contributed by atoms with Gasteiger partial charge in [-0.1, -0.05) is 42.9 Å². The van der Waals surface area contributed by atoms with Crippen molar-refractivity contribution < 1.29 is 31.5 Å². The number of aliphatic hydroxyl groups is 1. The van der Waals surface area contributed by atoms with Crippen molar-refractivity contribution in [1.82, 2.24) is 9.21 Å². The van der Waals surface area contributed by atoms with Gasteiger partial charge in [-0.3, -0.25) is 9.69 Å². The van der Waals surface area contributed by atoms with Crippen molar-refractivity contribution in [2.24, 2.45) is 0 Å². The van der Waals surface area contributed by atoms with Gasteiger partial charge in [0.15, 0.2) is 5.60 Å². The smallest absolute Gasteiger partial charge is 0.376 e. The third-order valence-corrected chi connectivity index (χ3v) is 11.2. The lowest BCUT2D eigenvalue weighted by molar-refractivity contribution is -0.258. The van der Waals surface area contributed by atoms with Crippen LogP contribution in [-0.4, -0.2) is 83.9 Å². The lowest BCUT2D eigenvalue weighted by atomic mass is 9.83. The first-order valence-corrected chi connectivity index (χ1v) is 15.5. The van der Waals surface area contributed by atoms with Crippen LogP contribution in [0.15, 0.2) is 47.4 Å². The van der Waals surface area contributed by atoms with Gasteiger partial charge in [0.25, 0.3) is 0 Å². The highest BCUT2D eigenvalue weighted by atomic mass is 32.2. The van der Waals surface area contributed by atoms with Crippen molar-refractivity contribution >= 4 is 38.6 Å². The Balaban J connectivity index is 1.44. The molecule has 3 unspecified atom stereocenters. The molecule has 0 aromatic heterocycles. The number of ketones is 1. The summed E-state index contributed by atoms with van der Waals surface area (Å²) >= 11 is 5.36. The van der Waals surface area contributed by atoms with Crippen LogP contribution in [0.5, 0.6) is 0 Å². The van der Waals surface area contributed by atoms with Crippen LogP contribution in [-0.2, 0) is 20.4 Å². The molecule has 4 aliphatic rings. The second-order valence-electron chi connectivity index (χ2n) is 11.3. The Bertz CT molecular complexity index is 1310. The number of halogens is 3. The van der Waals surface area contributed by atoms with Gasteiger partial charge in [0, 0.05) is 68.1 Å². The maximum absolute atomic E-state index is 13.6. The van der Waals surface area contributed by atoms with E-state index < -0.39 is 21.8 Å². The van der Waals surface area contributed by atoms with Gasteiger partial charge >= 0.3 is 6.18 Å². The highest BCUT2D eigenvalue weighted by Gasteiger charge is 2.51. The number of carbonyl (C=O) groups is 1. The third kappa shape index (κ3) is 5.53. The number of piperazine rings is 1. The molecule has 1 N–H and O–H groups in total. The molecule has 0 radical (unpaired) electrons. The lowest BCUT2D eigenvalue weighted by Crippen LogP contribution is -2.62. The summed E-state index contributed by atoms with van der Waals surface area (Å²) in [6.07, 6.45) is 4.45. The summed E-state index contributed by atoms with van der Waals surface area (Å²) in [4.78, 5) is 17.2. The fourth-order valence-electron chi connectivity index (χ4n) is 6.38. The fraction of sp³-hybridized carbons (Fsp3) is 0.571. The van der Waals surface area contributed by atoms with Crippen molar-refractivity contribution in [2.75, 3.05) is 31.1 Å². The molecule has 0 spiro atoms. The van der Waals surface area contributed by atoms with Gasteiger partial charge in [-0.05, 0) is 43.5 Å². The Labute approximate surface area is 238 Å². The molecule has 7 nitrogen and oxygen atoms in total. The number of benzene rings is 1. The van der Waals surface area contributed by atoms with Crippen LogP contribution in [0.25, 0.3) is 0 Å². The minimum absolute atomic E-state index is 0.108. The zero-order chi connectivity index (χ0) is 28.9. The SMILES string of the molecule is CC(O)(c1ccc(N2CCN(S(=O)(=O)C3=CC=CCC3=S)C[C@@H]2CN2C3CCCC2CC(=O)C3)cc1)C(F)(F)F. The van der Waals surface area contributed by atoms with E-state index >= 15 is 0 Å². The Morgan fingerprint density at radius 1 is 1.07 bits per heavy atom. The van der Waals surface area contributed by atoms with Crippen molar-refractivity contribution in [2.45, 2.75) is 75.4 Å². The number of nitrogens with zero attached hydrogens (tertiary/aromatic N) is 3. The third-order valence-electron chi connectivity index (χ3n) is 8.70. The van der Waals surface area contributed by atoms with Gasteiger partial charge in [0.2, 0.25) is 10.0 Å². The van der Waals surface area contributed by atoms with Crippen LogP contribution in [0, 0.1) is 0 Å². The van der Waals surface area contributed by atoms with E-state index in [-0.39, 0.29) is 47.5 Å². The molecule has 2 bridgehead atoms. The molecule has 218 valence electrons. The normalized spacial score (nSPS) is 28.4. The number of fused-ring (bicyclic) bond motifs is 2. The zero-order valence-electron chi connectivity index (χ0n) is 22.3.